The number of anilines is 2. The molecule has 0 aliphatic rings. The van der Waals surface area contributed by atoms with Gasteiger partial charge < -0.3 is 19.5 Å². The monoisotopic (exact) mass is 364 g/mol. The van der Waals surface area contributed by atoms with Gasteiger partial charge in [-0.05, 0) is 54.4 Å². The summed E-state index contributed by atoms with van der Waals surface area (Å²) >= 11 is 0. The van der Waals surface area contributed by atoms with Gasteiger partial charge in [0.05, 0.1) is 12.8 Å². The highest BCUT2D eigenvalue weighted by Crippen LogP contribution is 2.22. The standard InChI is InChI=1S/C21H24N4O2/c1-16-12-18(24(2)3)8-9-20(16)23-21(26)25(15-19-7-5-11-27-19)14-17-6-4-10-22-13-17/h4-13H,14-15H2,1-3H3,(H,23,26). The Morgan fingerprint density at radius 1 is 1.15 bits per heavy atom. The molecule has 0 aliphatic carbocycles. The van der Waals surface area contributed by atoms with E-state index in [4.69, 9.17) is 4.42 Å². The van der Waals surface area contributed by atoms with Crippen LogP contribution in [0.25, 0.3) is 0 Å². The van der Waals surface area contributed by atoms with E-state index in [2.05, 4.69) is 10.3 Å². The fourth-order valence-corrected chi connectivity index (χ4v) is 2.76. The molecule has 0 atom stereocenters. The number of urea groups is 1. The van der Waals surface area contributed by atoms with E-state index in [0.717, 1.165) is 28.3 Å². The summed E-state index contributed by atoms with van der Waals surface area (Å²) in [6.45, 7) is 2.80. The third-order valence-corrected chi connectivity index (χ3v) is 4.28. The number of hydrogen-bond acceptors (Lipinski definition) is 4. The first kappa shape index (κ1) is 18.5. The molecule has 0 aliphatic heterocycles. The van der Waals surface area contributed by atoms with Gasteiger partial charge in [0, 0.05) is 44.4 Å². The minimum absolute atomic E-state index is 0.184. The number of furan rings is 1. The van der Waals surface area contributed by atoms with Crippen LogP contribution in [-0.2, 0) is 13.1 Å². The smallest absolute Gasteiger partial charge is 0.322 e. The van der Waals surface area contributed by atoms with Gasteiger partial charge in [-0.15, -0.1) is 0 Å². The minimum Gasteiger partial charge on any atom is -0.467 e. The zero-order chi connectivity index (χ0) is 19.2. The first-order valence-corrected chi connectivity index (χ1v) is 8.78. The Balaban J connectivity index is 1.77. The van der Waals surface area contributed by atoms with Crippen molar-refractivity contribution in [3.8, 4) is 0 Å². The van der Waals surface area contributed by atoms with E-state index in [1.165, 1.54) is 0 Å². The van der Waals surface area contributed by atoms with E-state index in [9.17, 15) is 4.79 Å². The highest BCUT2D eigenvalue weighted by atomic mass is 16.3. The number of nitrogens with zero attached hydrogens (tertiary/aromatic N) is 3. The molecular weight excluding hydrogens is 340 g/mol. The van der Waals surface area contributed by atoms with Crippen molar-refractivity contribution >= 4 is 17.4 Å². The molecule has 0 spiro atoms. The number of benzene rings is 1. The first-order chi connectivity index (χ1) is 13.0. The molecule has 1 N–H and O–H groups in total. The predicted octanol–water partition coefficient (Wildman–Crippen LogP) is 4.28. The van der Waals surface area contributed by atoms with Gasteiger partial charge in [-0.25, -0.2) is 4.79 Å². The molecule has 1 aromatic carbocycles. The molecule has 0 bridgehead atoms. The van der Waals surface area contributed by atoms with Gasteiger partial charge in [-0.3, -0.25) is 4.98 Å². The van der Waals surface area contributed by atoms with E-state index >= 15 is 0 Å². The lowest BCUT2D eigenvalue weighted by molar-refractivity contribution is 0.201. The molecule has 0 saturated carbocycles. The Kier molecular flexibility index (Phi) is 5.76. The van der Waals surface area contributed by atoms with E-state index in [1.807, 2.05) is 68.4 Å². The molecule has 27 heavy (non-hydrogen) atoms. The number of carbonyl (C=O) groups excluding carboxylic acids is 1. The normalized spacial score (nSPS) is 10.5. The zero-order valence-electron chi connectivity index (χ0n) is 15.8. The van der Waals surface area contributed by atoms with Gasteiger partial charge in [0.25, 0.3) is 0 Å². The number of amides is 2. The molecule has 0 unspecified atom stereocenters. The quantitative estimate of drug-likeness (QED) is 0.709. The van der Waals surface area contributed by atoms with Crippen LogP contribution in [0.15, 0.2) is 65.5 Å². The Morgan fingerprint density at radius 3 is 2.63 bits per heavy atom. The predicted molar refractivity (Wildman–Crippen MR) is 107 cm³/mol. The molecular formula is C21H24N4O2. The summed E-state index contributed by atoms with van der Waals surface area (Å²) in [4.78, 5) is 20.8. The van der Waals surface area contributed by atoms with Gasteiger partial charge in [0.1, 0.15) is 5.76 Å². The number of aromatic nitrogens is 1. The Morgan fingerprint density at radius 2 is 2.00 bits per heavy atom. The average Bonchev–Trinajstić information content (AvgIpc) is 3.16. The molecule has 0 fully saturated rings. The van der Waals surface area contributed by atoms with E-state index in [-0.39, 0.29) is 6.03 Å². The molecule has 0 saturated heterocycles. The third-order valence-electron chi connectivity index (χ3n) is 4.28. The maximum Gasteiger partial charge on any atom is 0.322 e. The van der Waals surface area contributed by atoms with Crippen LogP contribution >= 0.6 is 0 Å². The number of hydrogen-bond donors (Lipinski definition) is 1. The largest absolute Gasteiger partial charge is 0.467 e. The van der Waals surface area contributed by atoms with E-state index in [1.54, 1.807) is 23.6 Å². The number of nitrogens with one attached hydrogen (secondary N) is 1. The molecule has 6 heteroatoms. The number of pyridine rings is 1. The van der Waals surface area contributed by atoms with E-state index < -0.39 is 0 Å². The van der Waals surface area contributed by atoms with Crippen LogP contribution in [0.3, 0.4) is 0 Å². The molecule has 140 valence electrons. The maximum atomic E-state index is 13.0. The topological polar surface area (TPSA) is 61.6 Å². The van der Waals surface area contributed by atoms with Crippen molar-refractivity contribution < 1.29 is 9.21 Å². The molecule has 2 heterocycles. The Labute approximate surface area is 159 Å². The average molecular weight is 364 g/mol. The lowest BCUT2D eigenvalue weighted by atomic mass is 10.1. The molecule has 3 rings (SSSR count). The zero-order valence-corrected chi connectivity index (χ0v) is 15.8. The molecule has 2 amide bonds. The number of carbonyl (C=O) groups is 1. The van der Waals surface area contributed by atoms with Crippen molar-refractivity contribution in [1.29, 1.82) is 0 Å². The van der Waals surface area contributed by atoms with Crippen molar-refractivity contribution in [3.05, 3.63) is 78.0 Å². The van der Waals surface area contributed by atoms with Crippen LogP contribution in [0, 0.1) is 6.92 Å². The van der Waals surface area contributed by atoms with Gasteiger partial charge >= 0.3 is 6.03 Å². The van der Waals surface area contributed by atoms with Crippen LogP contribution in [0.2, 0.25) is 0 Å². The molecule has 0 radical (unpaired) electrons. The second-order valence-electron chi connectivity index (χ2n) is 6.62. The van der Waals surface area contributed by atoms with Crippen LogP contribution in [0.1, 0.15) is 16.9 Å². The summed E-state index contributed by atoms with van der Waals surface area (Å²) in [5, 5.41) is 3.02. The van der Waals surface area contributed by atoms with Crippen LogP contribution in [0.4, 0.5) is 16.2 Å². The van der Waals surface area contributed by atoms with Gasteiger partial charge in [-0.1, -0.05) is 6.07 Å². The van der Waals surface area contributed by atoms with Crippen molar-refractivity contribution in [2.24, 2.45) is 0 Å². The number of aryl methyl sites for hydroxylation is 1. The lowest BCUT2D eigenvalue weighted by Gasteiger charge is -2.23. The SMILES string of the molecule is Cc1cc(N(C)C)ccc1NC(=O)N(Cc1cccnc1)Cc1ccco1. The second kappa shape index (κ2) is 8.40. The fourth-order valence-electron chi connectivity index (χ4n) is 2.76. The number of rotatable bonds is 6. The van der Waals surface area contributed by atoms with E-state index in [0.29, 0.717) is 13.1 Å². The van der Waals surface area contributed by atoms with Gasteiger partial charge in [-0.2, -0.15) is 0 Å². The highest BCUT2D eigenvalue weighted by molar-refractivity contribution is 5.90. The van der Waals surface area contributed by atoms with Crippen molar-refractivity contribution in [3.63, 3.8) is 0 Å². The third kappa shape index (κ3) is 4.88. The van der Waals surface area contributed by atoms with Crippen molar-refractivity contribution in [2.75, 3.05) is 24.3 Å². The first-order valence-electron chi connectivity index (χ1n) is 8.78. The summed E-state index contributed by atoms with van der Waals surface area (Å²) in [5.74, 6) is 0.730. The summed E-state index contributed by atoms with van der Waals surface area (Å²) in [6.07, 6.45) is 5.09. The summed E-state index contributed by atoms with van der Waals surface area (Å²) in [7, 11) is 3.98. The maximum absolute atomic E-state index is 13.0. The van der Waals surface area contributed by atoms with Crippen molar-refractivity contribution in [2.45, 2.75) is 20.0 Å². The second-order valence-corrected chi connectivity index (χ2v) is 6.62. The van der Waals surface area contributed by atoms with Crippen molar-refractivity contribution in [1.82, 2.24) is 9.88 Å². The lowest BCUT2D eigenvalue weighted by Crippen LogP contribution is -2.34. The Bertz CT molecular complexity index is 876. The molecule has 6 nitrogen and oxygen atoms in total. The van der Waals surface area contributed by atoms with Crippen LogP contribution in [-0.4, -0.2) is 30.0 Å². The van der Waals surface area contributed by atoms with Gasteiger partial charge in [0.15, 0.2) is 0 Å². The summed E-state index contributed by atoms with van der Waals surface area (Å²) < 4.78 is 5.43. The van der Waals surface area contributed by atoms with Crippen LogP contribution in [0.5, 0.6) is 0 Å². The minimum atomic E-state index is -0.184. The molecule has 2 aromatic heterocycles. The van der Waals surface area contributed by atoms with Gasteiger partial charge in [0.2, 0.25) is 0 Å². The highest BCUT2D eigenvalue weighted by Gasteiger charge is 2.17. The van der Waals surface area contributed by atoms with Crippen LogP contribution < -0.4 is 10.2 Å². The molecule has 3 aromatic rings. The summed E-state index contributed by atoms with van der Waals surface area (Å²) in [5.41, 5.74) is 3.85. The Hall–Kier alpha value is -3.28. The summed E-state index contributed by atoms with van der Waals surface area (Å²) in [6, 6.07) is 13.3. The fraction of sp³-hybridized carbons (Fsp3) is 0.238.